The summed E-state index contributed by atoms with van der Waals surface area (Å²) >= 11 is 1.66. The number of nitrogens with zero attached hydrogens (tertiary/aromatic N) is 1. The minimum Gasteiger partial charge on any atom is -0.480 e. The highest BCUT2D eigenvalue weighted by atomic mass is 32.2. The van der Waals surface area contributed by atoms with E-state index in [0.717, 1.165) is 12.1 Å². The van der Waals surface area contributed by atoms with Crippen LogP contribution in [0.3, 0.4) is 0 Å². The lowest BCUT2D eigenvalue weighted by Crippen LogP contribution is -2.56. The van der Waals surface area contributed by atoms with Gasteiger partial charge in [-0.15, -0.1) is 0 Å². The van der Waals surface area contributed by atoms with E-state index in [1.54, 1.807) is 11.8 Å². The van der Waals surface area contributed by atoms with Crippen molar-refractivity contribution >= 4 is 23.6 Å². The van der Waals surface area contributed by atoms with Crippen LogP contribution in [0.1, 0.15) is 25.2 Å². The summed E-state index contributed by atoms with van der Waals surface area (Å²) in [5.41, 5.74) is -1.15. The van der Waals surface area contributed by atoms with E-state index in [4.69, 9.17) is 4.42 Å². The Morgan fingerprint density at radius 3 is 2.70 bits per heavy atom. The molecular formula is C18H18F2N2O4S. The molecule has 1 saturated heterocycles. The highest BCUT2D eigenvalue weighted by Crippen LogP contribution is 2.28. The van der Waals surface area contributed by atoms with E-state index in [2.05, 4.69) is 10.3 Å². The quantitative estimate of drug-likeness (QED) is 0.780. The van der Waals surface area contributed by atoms with Crippen molar-refractivity contribution in [2.45, 2.75) is 31.2 Å². The van der Waals surface area contributed by atoms with E-state index in [-0.39, 0.29) is 30.1 Å². The number of nitrogens with one attached hydrogen (secondary N) is 1. The molecule has 6 nitrogen and oxygen atoms in total. The number of aromatic nitrogens is 1. The number of carbonyl (C=O) groups is 2. The largest absolute Gasteiger partial charge is 0.480 e. The molecule has 0 bridgehead atoms. The Morgan fingerprint density at radius 2 is 2.04 bits per heavy atom. The molecule has 1 aliphatic rings. The number of carboxylic acid groups (broad SMARTS) is 1. The Hall–Kier alpha value is -2.42. The molecule has 1 fully saturated rings. The molecule has 2 heterocycles. The van der Waals surface area contributed by atoms with Crippen LogP contribution in [-0.4, -0.2) is 39.0 Å². The number of carboxylic acids is 1. The number of hydrogen-bond donors (Lipinski definition) is 2. The number of aryl methyl sites for hydroxylation is 1. The van der Waals surface area contributed by atoms with E-state index in [1.165, 1.54) is 12.3 Å². The van der Waals surface area contributed by atoms with Crippen LogP contribution in [0.2, 0.25) is 0 Å². The second kappa shape index (κ2) is 8.08. The average molecular weight is 396 g/mol. The maximum Gasteiger partial charge on any atom is 0.329 e. The van der Waals surface area contributed by atoms with Crippen molar-refractivity contribution in [2.24, 2.45) is 0 Å². The zero-order valence-electron chi connectivity index (χ0n) is 14.3. The van der Waals surface area contributed by atoms with Gasteiger partial charge in [-0.1, -0.05) is 0 Å². The molecule has 27 heavy (non-hydrogen) atoms. The van der Waals surface area contributed by atoms with Crippen LogP contribution < -0.4 is 5.32 Å². The van der Waals surface area contributed by atoms with E-state index in [1.807, 2.05) is 0 Å². The summed E-state index contributed by atoms with van der Waals surface area (Å²) in [7, 11) is 0. The second-order valence-corrected chi connectivity index (χ2v) is 7.51. The average Bonchev–Trinajstić information content (AvgIpc) is 3.09. The van der Waals surface area contributed by atoms with Crippen LogP contribution >= 0.6 is 11.8 Å². The Labute approximate surface area is 158 Å². The van der Waals surface area contributed by atoms with Crippen LogP contribution in [0.15, 0.2) is 28.8 Å². The standard InChI is InChI=1S/C18H18F2N2O4S/c19-11-1-2-12(13(20)9-11)14-10-21-16(26-14)4-3-15(23)22-18(17(24)25)5-7-27-8-6-18/h1-2,9-10H,3-8H2,(H,22,23)(H,24,25). The van der Waals surface area contributed by atoms with Gasteiger partial charge in [0.1, 0.15) is 17.2 Å². The van der Waals surface area contributed by atoms with Crippen LogP contribution in [0.5, 0.6) is 0 Å². The lowest BCUT2D eigenvalue weighted by Gasteiger charge is -2.33. The fourth-order valence-corrected chi connectivity index (χ4v) is 4.09. The van der Waals surface area contributed by atoms with Crippen LogP contribution in [-0.2, 0) is 16.0 Å². The summed E-state index contributed by atoms with van der Waals surface area (Å²) in [6, 6.07) is 3.11. The van der Waals surface area contributed by atoms with Crippen LogP contribution in [0.4, 0.5) is 8.78 Å². The summed E-state index contributed by atoms with van der Waals surface area (Å²) < 4.78 is 32.2. The summed E-state index contributed by atoms with van der Waals surface area (Å²) in [6.45, 7) is 0. The number of hydrogen-bond acceptors (Lipinski definition) is 5. The van der Waals surface area contributed by atoms with Gasteiger partial charge < -0.3 is 14.8 Å². The molecule has 1 aromatic carbocycles. The van der Waals surface area contributed by atoms with E-state index >= 15 is 0 Å². The van der Waals surface area contributed by atoms with Crippen molar-refractivity contribution in [3.63, 3.8) is 0 Å². The number of benzene rings is 1. The fraction of sp³-hybridized carbons (Fsp3) is 0.389. The van der Waals surface area contributed by atoms with Gasteiger partial charge in [0, 0.05) is 18.9 Å². The SMILES string of the molecule is O=C(CCc1ncc(-c2ccc(F)cc2F)o1)NC1(C(=O)O)CCSCC1. The van der Waals surface area contributed by atoms with E-state index in [9.17, 15) is 23.5 Å². The first-order valence-corrected chi connectivity index (χ1v) is 9.57. The van der Waals surface area contributed by atoms with Gasteiger partial charge in [-0.25, -0.2) is 18.6 Å². The molecule has 0 unspecified atom stereocenters. The van der Waals surface area contributed by atoms with Crippen LogP contribution in [0, 0.1) is 11.6 Å². The highest BCUT2D eigenvalue weighted by molar-refractivity contribution is 7.99. The maximum absolute atomic E-state index is 13.8. The molecule has 0 atom stereocenters. The van der Waals surface area contributed by atoms with Crippen molar-refractivity contribution in [1.29, 1.82) is 0 Å². The zero-order chi connectivity index (χ0) is 19.4. The smallest absolute Gasteiger partial charge is 0.329 e. The third-order valence-electron chi connectivity index (χ3n) is 4.45. The summed E-state index contributed by atoms with van der Waals surface area (Å²) in [5.74, 6) is -1.19. The molecule has 1 amide bonds. The molecule has 3 rings (SSSR count). The maximum atomic E-state index is 13.8. The third-order valence-corrected chi connectivity index (χ3v) is 5.44. The summed E-state index contributed by atoms with van der Waals surface area (Å²) in [4.78, 5) is 27.8. The molecule has 0 aliphatic carbocycles. The van der Waals surface area contributed by atoms with Crippen LogP contribution in [0.25, 0.3) is 11.3 Å². The Kier molecular flexibility index (Phi) is 5.79. The topological polar surface area (TPSA) is 92.4 Å². The molecule has 1 aromatic heterocycles. The number of carbonyl (C=O) groups excluding carboxylic acids is 1. The lowest BCUT2D eigenvalue weighted by atomic mass is 9.92. The van der Waals surface area contributed by atoms with E-state index < -0.39 is 29.0 Å². The predicted octanol–water partition coefficient (Wildman–Crippen LogP) is 3.02. The van der Waals surface area contributed by atoms with Crippen molar-refractivity contribution in [1.82, 2.24) is 10.3 Å². The summed E-state index contributed by atoms with van der Waals surface area (Å²) in [6.07, 6.45) is 2.20. The van der Waals surface area contributed by atoms with Gasteiger partial charge in [0.25, 0.3) is 0 Å². The number of aliphatic carboxylic acids is 1. The molecule has 0 spiro atoms. The Bertz CT molecular complexity index is 850. The molecule has 9 heteroatoms. The minimum atomic E-state index is -1.22. The monoisotopic (exact) mass is 396 g/mol. The number of halogens is 2. The fourth-order valence-electron chi connectivity index (χ4n) is 2.90. The van der Waals surface area contributed by atoms with Gasteiger partial charge in [0.2, 0.25) is 5.91 Å². The van der Waals surface area contributed by atoms with Gasteiger partial charge in [-0.3, -0.25) is 4.79 Å². The lowest BCUT2D eigenvalue weighted by molar-refractivity contribution is -0.148. The second-order valence-electron chi connectivity index (χ2n) is 6.29. The molecule has 144 valence electrons. The molecule has 0 radical (unpaired) electrons. The first-order chi connectivity index (χ1) is 12.9. The number of thioether (sulfide) groups is 1. The first-order valence-electron chi connectivity index (χ1n) is 8.42. The third kappa shape index (κ3) is 4.47. The van der Waals surface area contributed by atoms with Gasteiger partial charge in [0.15, 0.2) is 11.7 Å². The van der Waals surface area contributed by atoms with E-state index in [0.29, 0.717) is 24.3 Å². The number of oxazole rings is 1. The number of rotatable bonds is 6. The Balaban J connectivity index is 1.61. The molecule has 0 saturated carbocycles. The molecule has 1 aliphatic heterocycles. The summed E-state index contributed by atoms with van der Waals surface area (Å²) in [5, 5.41) is 12.1. The number of amides is 1. The van der Waals surface area contributed by atoms with Crippen molar-refractivity contribution in [3.05, 3.63) is 41.9 Å². The van der Waals surface area contributed by atoms with Gasteiger partial charge in [0.05, 0.1) is 11.8 Å². The van der Waals surface area contributed by atoms with Gasteiger partial charge >= 0.3 is 5.97 Å². The first kappa shape index (κ1) is 19.3. The Morgan fingerprint density at radius 1 is 1.30 bits per heavy atom. The van der Waals surface area contributed by atoms with Crippen molar-refractivity contribution in [3.8, 4) is 11.3 Å². The van der Waals surface area contributed by atoms with Gasteiger partial charge in [-0.2, -0.15) is 11.8 Å². The normalized spacial score (nSPS) is 16.1. The predicted molar refractivity (Wildman–Crippen MR) is 95.2 cm³/mol. The minimum absolute atomic E-state index is 0.00593. The molecule has 2 aromatic rings. The molecule has 2 N–H and O–H groups in total. The molecular weight excluding hydrogens is 378 g/mol. The van der Waals surface area contributed by atoms with Crippen molar-refractivity contribution < 1.29 is 27.9 Å². The highest BCUT2D eigenvalue weighted by Gasteiger charge is 2.41. The van der Waals surface area contributed by atoms with Crippen molar-refractivity contribution in [2.75, 3.05) is 11.5 Å². The zero-order valence-corrected chi connectivity index (χ0v) is 15.2. The van der Waals surface area contributed by atoms with Gasteiger partial charge in [-0.05, 0) is 36.5 Å².